The molecule has 0 unspecified atom stereocenters. The van der Waals surface area contributed by atoms with Crippen LogP contribution in [0, 0.1) is 5.41 Å². The van der Waals surface area contributed by atoms with E-state index < -0.39 is 6.04 Å². The predicted molar refractivity (Wildman–Crippen MR) is 84.3 cm³/mol. The number of rotatable bonds is 7. The van der Waals surface area contributed by atoms with E-state index in [1.54, 1.807) is 7.11 Å². The van der Waals surface area contributed by atoms with Crippen LogP contribution in [0.15, 0.2) is 0 Å². The van der Waals surface area contributed by atoms with Gasteiger partial charge in [-0.05, 0) is 12.5 Å². The average Bonchev–Trinajstić information content (AvgIpc) is 2.23. The number of halogens is 2. The smallest absolute Gasteiger partial charge is 0.237 e. The maximum Gasteiger partial charge on any atom is 0.237 e. The van der Waals surface area contributed by atoms with E-state index in [1.165, 1.54) is 0 Å². The first kappa shape index (κ1) is 24.0. The van der Waals surface area contributed by atoms with Crippen LogP contribution in [0.25, 0.3) is 0 Å². The van der Waals surface area contributed by atoms with Gasteiger partial charge in [0.05, 0.1) is 12.6 Å². The summed E-state index contributed by atoms with van der Waals surface area (Å²) in [4.78, 5) is 13.8. The van der Waals surface area contributed by atoms with Gasteiger partial charge in [-0.25, -0.2) is 0 Å². The fourth-order valence-electron chi connectivity index (χ4n) is 1.23. The maximum absolute atomic E-state index is 11.7. The van der Waals surface area contributed by atoms with Crippen LogP contribution in [0.4, 0.5) is 0 Å². The van der Waals surface area contributed by atoms with Gasteiger partial charge in [0.2, 0.25) is 5.91 Å². The summed E-state index contributed by atoms with van der Waals surface area (Å²) in [5, 5.41) is 2.85. The Morgan fingerprint density at radius 2 is 1.84 bits per heavy atom. The zero-order chi connectivity index (χ0) is 13.5. The summed E-state index contributed by atoms with van der Waals surface area (Å²) in [6.07, 6.45) is 0. The lowest BCUT2D eigenvalue weighted by Gasteiger charge is -2.26. The molecule has 1 atom stereocenters. The number of carbonyl (C=O) groups is 1. The number of nitrogens with zero attached hydrogens (tertiary/aromatic N) is 1. The lowest BCUT2D eigenvalue weighted by Crippen LogP contribution is -2.49. The summed E-state index contributed by atoms with van der Waals surface area (Å²) in [5.74, 6) is -0.0855. The largest absolute Gasteiger partial charge is 0.383 e. The van der Waals surface area contributed by atoms with Crippen molar-refractivity contribution in [3.05, 3.63) is 0 Å². The highest BCUT2D eigenvalue weighted by Crippen LogP contribution is 2.16. The molecule has 0 spiro atoms. The number of carbonyl (C=O) groups excluding carboxylic acids is 1. The van der Waals surface area contributed by atoms with Crippen molar-refractivity contribution in [3.8, 4) is 0 Å². The molecule has 0 aromatic rings. The van der Waals surface area contributed by atoms with Crippen LogP contribution in [0.3, 0.4) is 0 Å². The van der Waals surface area contributed by atoms with Crippen molar-refractivity contribution in [3.63, 3.8) is 0 Å². The first-order chi connectivity index (χ1) is 7.79. The molecule has 0 rings (SSSR count). The molecule has 19 heavy (non-hydrogen) atoms. The number of amides is 1. The van der Waals surface area contributed by atoms with Gasteiger partial charge < -0.3 is 20.7 Å². The molecule has 5 nitrogen and oxygen atoms in total. The van der Waals surface area contributed by atoms with Gasteiger partial charge in [-0.3, -0.25) is 4.79 Å². The molecule has 118 valence electrons. The van der Waals surface area contributed by atoms with E-state index in [4.69, 9.17) is 10.5 Å². The lowest BCUT2D eigenvalue weighted by atomic mass is 9.87. The highest BCUT2D eigenvalue weighted by Gasteiger charge is 2.26. The molecule has 0 aliphatic rings. The molecule has 1 amide bonds. The third-order valence-electron chi connectivity index (χ3n) is 2.69. The Hall–Kier alpha value is -0.0700. The van der Waals surface area contributed by atoms with E-state index in [0.29, 0.717) is 13.2 Å². The number of ether oxygens (including phenoxy) is 1. The minimum atomic E-state index is -0.466. The first-order valence-electron chi connectivity index (χ1n) is 5.99. The molecule has 7 heteroatoms. The fraction of sp³-hybridized carbons (Fsp3) is 0.917. The Morgan fingerprint density at radius 1 is 1.32 bits per heavy atom. The molecule has 0 aliphatic heterocycles. The van der Waals surface area contributed by atoms with Gasteiger partial charge in [0.1, 0.15) is 0 Å². The zero-order valence-corrected chi connectivity index (χ0v) is 14.2. The topological polar surface area (TPSA) is 67.6 Å². The molecule has 0 aromatic carbocycles. The Kier molecular flexibility index (Phi) is 14.8. The van der Waals surface area contributed by atoms with Crippen molar-refractivity contribution in [1.29, 1.82) is 0 Å². The Labute approximate surface area is 129 Å². The van der Waals surface area contributed by atoms with Gasteiger partial charge in [-0.1, -0.05) is 20.8 Å². The Balaban J connectivity index is -0.00000128. The number of nitrogens with two attached hydrogens (primary N) is 1. The van der Waals surface area contributed by atoms with Crippen molar-refractivity contribution in [2.45, 2.75) is 26.8 Å². The molecule has 0 heterocycles. The summed E-state index contributed by atoms with van der Waals surface area (Å²) < 4.78 is 4.97. The summed E-state index contributed by atoms with van der Waals surface area (Å²) >= 11 is 0. The summed E-state index contributed by atoms with van der Waals surface area (Å²) in [6, 6.07) is -0.466. The quantitative estimate of drug-likeness (QED) is 0.732. The molecule has 0 saturated heterocycles. The van der Waals surface area contributed by atoms with E-state index in [9.17, 15) is 4.79 Å². The molecule has 0 saturated carbocycles. The summed E-state index contributed by atoms with van der Waals surface area (Å²) in [6.45, 7) is 8.85. The highest BCUT2D eigenvalue weighted by atomic mass is 35.5. The summed E-state index contributed by atoms with van der Waals surface area (Å²) in [7, 11) is 3.67. The number of likely N-dealkylation sites (N-methyl/N-ethyl adjacent to an activating group) is 1. The highest BCUT2D eigenvalue weighted by molar-refractivity contribution is 5.85. The van der Waals surface area contributed by atoms with Gasteiger partial charge in [0, 0.05) is 26.7 Å². The normalized spacial score (nSPS) is 12.4. The van der Waals surface area contributed by atoms with Crippen LogP contribution in [-0.4, -0.2) is 57.2 Å². The number of hydrogen-bond donors (Lipinski definition) is 2. The molecular weight excluding hydrogens is 289 g/mol. The first-order valence-corrected chi connectivity index (χ1v) is 5.99. The zero-order valence-electron chi connectivity index (χ0n) is 12.6. The van der Waals surface area contributed by atoms with E-state index in [-0.39, 0.29) is 36.1 Å². The Morgan fingerprint density at radius 3 is 2.26 bits per heavy atom. The average molecular weight is 318 g/mol. The van der Waals surface area contributed by atoms with Crippen molar-refractivity contribution in [1.82, 2.24) is 10.2 Å². The minimum absolute atomic E-state index is 0. The van der Waals surface area contributed by atoms with Gasteiger partial charge in [-0.15, -0.1) is 24.8 Å². The van der Waals surface area contributed by atoms with Crippen molar-refractivity contribution >= 4 is 30.7 Å². The van der Waals surface area contributed by atoms with Crippen LogP contribution in [0.5, 0.6) is 0 Å². The summed E-state index contributed by atoms with van der Waals surface area (Å²) in [5.41, 5.74) is 5.64. The standard InChI is InChI=1S/C12H27N3O2.2ClH/c1-12(2,3)10(13)11(16)14-6-7-15(4)8-9-17-5;;/h10H,6-9,13H2,1-5H3,(H,14,16);2*1H/t10-;;/m1../s1. The van der Waals surface area contributed by atoms with Gasteiger partial charge in [0.25, 0.3) is 0 Å². The van der Waals surface area contributed by atoms with Crippen molar-refractivity contribution < 1.29 is 9.53 Å². The van der Waals surface area contributed by atoms with Crippen molar-refractivity contribution in [2.75, 3.05) is 40.4 Å². The Bertz CT molecular complexity index is 236. The molecule has 0 radical (unpaired) electrons. The third kappa shape index (κ3) is 11.5. The van der Waals surface area contributed by atoms with Gasteiger partial charge in [0.15, 0.2) is 0 Å². The second-order valence-electron chi connectivity index (χ2n) is 5.43. The second kappa shape index (κ2) is 11.7. The predicted octanol–water partition coefficient (Wildman–Crippen LogP) is 0.898. The minimum Gasteiger partial charge on any atom is -0.383 e. The number of nitrogens with one attached hydrogen (secondary N) is 1. The second-order valence-corrected chi connectivity index (χ2v) is 5.43. The van der Waals surface area contributed by atoms with Gasteiger partial charge in [-0.2, -0.15) is 0 Å². The maximum atomic E-state index is 11.7. The van der Waals surface area contributed by atoms with E-state index in [2.05, 4.69) is 10.2 Å². The molecule has 0 aromatic heterocycles. The van der Waals surface area contributed by atoms with Crippen LogP contribution >= 0.6 is 24.8 Å². The molecule has 0 fully saturated rings. The van der Waals surface area contributed by atoms with Crippen molar-refractivity contribution in [2.24, 2.45) is 11.1 Å². The number of methoxy groups -OCH3 is 1. The van der Waals surface area contributed by atoms with Gasteiger partial charge >= 0.3 is 0 Å². The van der Waals surface area contributed by atoms with Crippen LogP contribution in [0.1, 0.15) is 20.8 Å². The molecule has 0 aliphatic carbocycles. The molecule has 3 N–H and O–H groups in total. The molecule has 0 bridgehead atoms. The van der Waals surface area contributed by atoms with Crippen LogP contribution < -0.4 is 11.1 Å². The van der Waals surface area contributed by atoms with Crippen LogP contribution in [-0.2, 0) is 9.53 Å². The number of hydrogen-bond acceptors (Lipinski definition) is 4. The monoisotopic (exact) mass is 317 g/mol. The van der Waals surface area contributed by atoms with E-state index >= 15 is 0 Å². The van der Waals surface area contributed by atoms with E-state index in [1.807, 2.05) is 27.8 Å². The lowest BCUT2D eigenvalue weighted by molar-refractivity contribution is -0.124. The molecular formula is C12H29Cl2N3O2. The SMILES string of the molecule is COCCN(C)CCNC(=O)[C@@H](N)C(C)(C)C.Cl.Cl. The third-order valence-corrected chi connectivity index (χ3v) is 2.69. The van der Waals surface area contributed by atoms with E-state index in [0.717, 1.165) is 13.1 Å². The van der Waals surface area contributed by atoms with Crippen LogP contribution in [0.2, 0.25) is 0 Å². The fourth-order valence-corrected chi connectivity index (χ4v) is 1.23.